The molecule has 5 heteroatoms. The van der Waals surface area contributed by atoms with E-state index in [2.05, 4.69) is 64.2 Å². The van der Waals surface area contributed by atoms with Gasteiger partial charge in [0, 0.05) is 0 Å². The SMILES string of the molecule is CCC[Si]1(C2=C[C](C)([Ti+2][C]3(C)C=CC([Si]4(CCC)CCC4)=C3)C=C2)CCC1.[Cl-].[Cl-]. The molecule has 2 fully saturated rings. The molecule has 4 rings (SSSR count). The van der Waals surface area contributed by atoms with Crippen LogP contribution in [0.1, 0.15) is 53.4 Å². The van der Waals surface area contributed by atoms with Gasteiger partial charge in [-0.25, -0.2) is 0 Å². The first-order valence-corrected chi connectivity index (χ1v) is 18.3. The van der Waals surface area contributed by atoms with Gasteiger partial charge in [0.1, 0.15) is 0 Å². The van der Waals surface area contributed by atoms with Crippen molar-refractivity contribution in [3.05, 3.63) is 46.8 Å². The van der Waals surface area contributed by atoms with Crippen molar-refractivity contribution in [1.82, 2.24) is 0 Å². The molecule has 2 unspecified atom stereocenters. The molecule has 0 nitrogen and oxygen atoms in total. The number of halogens is 2. The third kappa shape index (κ3) is 4.88. The summed E-state index contributed by atoms with van der Waals surface area (Å²) in [7, 11) is -2.12. The summed E-state index contributed by atoms with van der Waals surface area (Å²) >= 11 is -0.131. The van der Waals surface area contributed by atoms with Crippen molar-refractivity contribution in [2.75, 3.05) is 0 Å². The molecule has 0 amide bonds. The molecule has 2 aliphatic heterocycles. The number of hydrogen-bond donors (Lipinski definition) is 0. The van der Waals surface area contributed by atoms with Crippen molar-refractivity contribution in [1.29, 1.82) is 0 Å². The summed E-state index contributed by atoms with van der Waals surface area (Å²) in [6.07, 6.45) is 21.8. The molecule has 160 valence electrons. The standard InChI is InChI=1S/2C12H19Si.2ClH.Ti/c2*1-3-7-13(8-4-9-13)12-6-5-11(2)10-12;;;/h2*5-6,10H,3-4,7-9H2,1-2H3;2*1H;/q;;;;+2/p-2. The first kappa shape index (κ1) is 25.9. The van der Waals surface area contributed by atoms with E-state index < -0.39 is 16.1 Å². The van der Waals surface area contributed by atoms with Crippen LogP contribution in [0, 0.1) is 0 Å². The van der Waals surface area contributed by atoms with E-state index >= 15 is 0 Å². The maximum absolute atomic E-state index is 2.78. The van der Waals surface area contributed by atoms with E-state index in [1.165, 1.54) is 37.8 Å². The van der Waals surface area contributed by atoms with Crippen molar-refractivity contribution in [3.63, 3.8) is 0 Å². The van der Waals surface area contributed by atoms with Crippen LogP contribution in [-0.4, -0.2) is 16.1 Å². The minimum absolute atomic E-state index is 0. The van der Waals surface area contributed by atoms with E-state index in [1.807, 2.05) is 10.4 Å². The van der Waals surface area contributed by atoms with Crippen LogP contribution in [0.2, 0.25) is 43.7 Å². The Bertz CT molecular complexity index is 658. The Kier molecular flexibility index (Phi) is 8.65. The van der Waals surface area contributed by atoms with Crippen molar-refractivity contribution < 1.29 is 44.0 Å². The molecule has 2 aliphatic carbocycles. The average Bonchev–Trinajstić information content (AvgIpc) is 3.10. The Morgan fingerprint density at radius 3 is 1.41 bits per heavy atom. The van der Waals surface area contributed by atoms with E-state index in [4.69, 9.17) is 0 Å². The van der Waals surface area contributed by atoms with Gasteiger partial charge in [0.25, 0.3) is 0 Å². The molecular weight excluding hydrogens is 463 g/mol. The van der Waals surface area contributed by atoms with Crippen LogP contribution in [0.25, 0.3) is 0 Å². The molecule has 0 radical (unpaired) electrons. The number of allylic oxidation sites excluding steroid dienone is 8. The van der Waals surface area contributed by atoms with Gasteiger partial charge in [-0.3, -0.25) is 0 Å². The summed E-state index contributed by atoms with van der Waals surface area (Å²) in [6, 6.07) is 9.34. The maximum atomic E-state index is 2.78. The third-order valence-electron chi connectivity index (χ3n) is 7.97. The minimum Gasteiger partial charge on any atom is -1.00 e. The zero-order valence-corrected chi connectivity index (χ0v) is 23.9. The zero-order valence-electron chi connectivity index (χ0n) is 18.8. The van der Waals surface area contributed by atoms with Crippen LogP contribution in [0.5, 0.6) is 0 Å². The Morgan fingerprint density at radius 2 is 1.14 bits per heavy atom. The van der Waals surface area contributed by atoms with Gasteiger partial charge in [-0.2, -0.15) is 0 Å². The van der Waals surface area contributed by atoms with Crippen molar-refractivity contribution in [3.8, 4) is 0 Å². The fourth-order valence-electron chi connectivity index (χ4n) is 6.29. The van der Waals surface area contributed by atoms with Crippen molar-refractivity contribution in [2.24, 2.45) is 0 Å². The van der Waals surface area contributed by atoms with Gasteiger partial charge in [-0.1, -0.05) is 0 Å². The Hall–Kier alpha value is 0.688. The molecule has 4 aliphatic rings. The summed E-state index contributed by atoms with van der Waals surface area (Å²) in [5.74, 6) is 0. The molecule has 0 N–H and O–H groups in total. The largest absolute Gasteiger partial charge is 1.00 e. The molecule has 0 aromatic carbocycles. The number of rotatable bonds is 8. The summed E-state index contributed by atoms with van der Waals surface area (Å²) < 4.78 is 0.783. The maximum Gasteiger partial charge on any atom is -1.00 e. The summed E-state index contributed by atoms with van der Waals surface area (Å²) in [5, 5.41) is 3.68. The van der Waals surface area contributed by atoms with Crippen LogP contribution in [0.15, 0.2) is 46.8 Å². The molecule has 2 atom stereocenters. The van der Waals surface area contributed by atoms with E-state index in [9.17, 15) is 0 Å². The zero-order chi connectivity index (χ0) is 19.2. The smallest absolute Gasteiger partial charge is 1.00 e. The van der Waals surface area contributed by atoms with Gasteiger partial charge in [0.05, 0.1) is 0 Å². The van der Waals surface area contributed by atoms with Crippen molar-refractivity contribution in [2.45, 2.75) is 97.1 Å². The van der Waals surface area contributed by atoms with Gasteiger partial charge >= 0.3 is 179 Å². The van der Waals surface area contributed by atoms with Gasteiger partial charge < -0.3 is 24.8 Å². The second kappa shape index (κ2) is 9.67. The first-order valence-electron chi connectivity index (χ1n) is 11.5. The molecule has 2 heterocycles. The monoisotopic (exact) mass is 500 g/mol. The fourth-order valence-corrected chi connectivity index (χ4v) is 18.9. The number of hydrogen-bond acceptors (Lipinski definition) is 0. The molecule has 0 aromatic heterocycles. The van der Waals surface area contributed by atoms with E-state index in [0.717, 1.165) is 0 Å². The van der Waals surface area contributed by atoms with E-state index in [0.29, 0.717) is 7.44 Å². The molecule has 2 saturated heterocycles. The van der Waals surface area contributed by atoms with Crippen molar-refractivity contribution >= 4 is 16.1 Å². The summed E-state index contributed by atoms with van der Waals surface area (Å²) in [6.45, 7) is 9.90. The quantitative estimate of drug-likeness (QED) is 0.447. The Morgan fingerprint density at radius 1 is 0.759 bits per heavy atom. The Labute approximate surface area is 202 Å². The minimum atomic E-state index is -1.06. The Balaban J connectivity index is 0.00000150. The molecule has 0 saturated carbocycles. The van der Waals surface area contributed by atoms with Crippen LogP contribution >= 0.6 is 0 Å². The second-order valence-corrected chi connectivity index (χ2v) is 23.4. The van der Waals surface area contributed by atoms with Crippen LogP contribution in [0.4, 0.5) is 0 Å². The van der Waals surface area contributed by atoms with Gasteiger partial charge in [0.2, 0.25) is 0 Å². The fraction of sp³-hybridized carbons (Fsp3) is 0.667. The molecule has 29 heavy (non-hydrogen) atoms. The van der Waals surface area contributed by atoms with Crippen LogP contribution in [-0.2, 0) is 19.2 Å². The molecule has 0 spiro atoms. The predicted molar refractivity (Wildman–Crippen MR) is 121 cm³/mol. The van der Waals surface area contributed by atoms with Gasteiger partial charge in [-0.05, 0) is 0 Å². The predicted octanol–water partition coefficient (Wildman–Crippen LogP) is 2.03. The molecular formula is C24H38Cl2Si2Ti. The van der Waals surface area contributed by atoms with E-state index in [-0.39, 0.29) is 44.0 Å². The first-order chi connectivity index (χ1) is 12.9. The van der Waals surface area contributed by atoms with Crippen LogP contribution in [0.3, 0.4) is 0 Å². The third-order valence-corrected chi connectivity index (χ3v) is 21.9. The second-order valence-electron chi connectivity index (χ2n) is 10.3. The van der Waals surface area contributed by atoms with E-state index in [1.54, 1.807) is 24.2 Å². The summed E-state index contributed by atoms with van der Waals surface area (Å²) in [5.41, 5.74) is 0. The van der Waals surface area contributed by atoms with Gasteiger partial charge in [0.15, 0.2) is 0 Å². The molecule has 0 bridgehead atoms. The average molecular weight is 502 g/mol. The van der Waals surface area contributed by atoms with Gasteiger partial charge in [-0.15, -0.1) is 0 Å². The topological polar surface area (TPSA) is 0 Å². The molecule has 0 aromatic rings. The van der Waals surface area contributed by atoms with Crippen LogP contribution < -0.4 is 24.8 Å². The summed E-state index contributed by atoms with van der Waals surface area (Å²) in [4.78, 5) is 0. The normalized spacial score (nSPS) is 32.8.